The van der Waals surface area contributed by atoms with Crippen LogP contribution in [-0.2, 0) is 17.7 Å². The first kappa shape index (κ1) is 12.2. The molecule has 0 spiro atoms. The van der Waals surface area contributed by atoms with Crippen molar-refractivity contribution in [2.45, 2.75) is 26.8 Å². The van der Waals surface area contributed by atoms with Gasteiger partial charge in [0, 0.05) is 30.4 Å². The molecule has 1 amide bonds. The number of amides is 1. The molecule has 2 rings (SSSR count). The Morgan fingerprint density at radius 1 is 1.65 bits per heavy atom. The number of hydrogen-bond acceptors (Lipinski definition) is 3. The van der Waals surface area contributed by atoms with Gasteiger partial charge in [0.1, 0.15) is 0 Å². The summed E-state index contributed by atoms with van der Waals surface area (Å²) in [6.07, 6.45) is 2.23. The smallest absolute Gasteiger partial charge is 0.410 e. The maximum atomic E-state index is 11.6. The highest BCUT2D eigenvalue weighted by atomic mass is 35.5. The summed E-state index contributed by atoms with van der Waals surface area (Å²) in [6, 6.07) is 0. The summed E-state index contributed by atoms with van der Waals surface area (Å²) < 4.78 is 4.99. The Balaban J connectivity index is 2.23. The number of carbonyl (C=O) groups is 1. The van der Waals surface area contributed by atoms with Crippen LogP contribution in [0.25, 0.3) is 0 Å². The van der Waals surface area contributed by atoms with Crippen LogP contribution in [0.4, 0.5) is 4.79 Å². The summed E-state index contributed by atoms with van der Waals surface area (Å²) in [5.74, 6) is 0. The Kier molecular flexibility index (Phi) is 3.52. The molecule has 0 saturated carbocycles. The molecule has 0 aromatic carbocycles. The van der Waals surface area contributed by atoms with Gasteiger partial charge in [-0.25, -0.2) is 4.79 Å². The highest BCUT2D eigenvalue weighted by Gasteiger charge is 2.24. The number of carbonyl (C=O) groups excluding carboxylic acids is 1. The summed E-state index contributed by atoms with van der Waals surface area (Å²) in [5.41, 5.74) is 2.88. The number of fused-ring (bicyclic) bond motifs is 1. The molecule has 2 heterocycles. The van der Waals surface area contributed by atoms with Crippen molar-refractivity contribution in [1.82, 2.24) is 9.88 Å². The van der Waals surface area contributed by atoms with Crippen LogP contribution in [0, 0.1) is 6.92 Å². The van der Waals surface area contributed by atoms with Crippen LogP contribution in [0.1, 0.15) is 23.7 Å². The van der Waals surface area contributed by atoms with Crippen molar-refractivity contribution in [2.24, 2.45) is 0 Å². The average Bonchev–Trinajstić information content (AvgIpc) is 2.34. The lowest BCUT2D eigenvalue weighted by molar-refractivity contribution is 0.102. The predicted molar refractivity (Wildman–Crippen MR) is 65.1 cm³/mol. The molecule has 17 heavy (non-hydrogen) atoms. The largest absolute Gasteiger partial charge is 0.450 e. The first-order valence-corrected chi connectivity index (χ1v) is 6.05. The zero-order chi connectivity index (χ0) is 12.4. The maximum absolute atomic E-state index is 11.6. The van der Waals surface area contributed by atoms with Gasteiger partial charge in [-0.3, -0.25) is 4.98 Å². The number of ether oxygens (including phenoxy) is 1. The molecule has 92 valence electrons. The normalized spacial score (nSPS) is 14.4. The topological polar surface area (TPSA) is 42.4 Å². The van der Waals surface area contributed by atoms with Gasteiger partial charge in [-0.15, -0.1) is 0 Å². The molecule has 4 nitrogen and oxygen atoms in total. The third-order valence-electron chi connectivity index (χ3n) is 2.87. The molecule has 0 fully saturated rings. The second kappa shape index (κ2) is 4.92. The second-order valence-corrected chi connectivity index (χ2v) is 4.43. The standard InChI is InChI=1S/C12H15ClN2O2/c1-3-17-12(16)15-5-4-10-9(7-15)11(13)8(2)6-14-10/h6H,3-5,7H2,1-2H3. The molecular formula is C12H15ClN2O2. The SMILES string of the molecule is CCOC(=O)N1CCc2ncc(C)c(Cl)c2C1. The fourth-order valence-corrected chi connectivity index (χ4v) is 2.15. The van der Waals surface area contributed by atoms with E-state index in [1.807, 2.05) is 6.92 Å². The summed E-state index contributed by atoms with van der Waals surface area (Å²) in [4.78, 5) is 17.7. The number of rotatable bonds is 1. The van der Waals surface area contributed by atoms with E-state index in [0.29, 0.717) is 24.7 Å². The van der Waals surface area contributed by atoms with E-state index in [9.17, 15) is 4.79 Å². The zero-order valence-electron chi connectivity index (χ0n) is 9.99. The lowest BCUT2D eigenvalue weighted by Crippen LogP contribution is -2.37. The minimum atomic E-state index is -0.282. The molecule has 1 aromatic rings. The van der Waals surface area contributed by atoms with E-state index in [0.717, 1.165) is 23.2 Å². The van der Waals surface area contributed by atoms with Crippen molar-refractivity contribution in [3.8, 4) is 0 Å². The summed E-state index contributed by atoms with van der Waals surface area (Å²) in [5, 5.41) is 0.712. The van der Waals surface area contributed by atoms with Gasteiger partial charge < -0.3 is 9.64 Å². The van der Waals surface area contributed by atoms with Gasteiger partial charge in [0.15, 0.2) is 0 Å². The van der Waals surface area contributed by atoms with Crippen LogP contribution in [0.2, 0.25) is 5.02 Å². The lowest BCUT2D eigenvalue weighted by Gasteiger charge is -2.28. The van der Waals surface area contributed by atoms with Crippen LogP contribution in [0.3, 0.4) is 0 Å². The second-order valence-electron chi connectivity index (χ2n) is 4.05. The molecule has 1 aromatic heterocycles. The van der Waals surface area contributed by atoms with Gasteiger partial charge in [-0.2, -0.15) is 0 Å². The van der Waals surface area contributed by atoms with Crippen LogP contribution in [-0.4, -0.2) is 29.1 Å². The summed E-state index contributed by atoms with van der Waals surface area (Å²) in [7, 11) is 0. The molecule has 0 unspecified atom stereocenters. The van der Waals surface area contributed by atoms with Crippen molar-refractivity contribution in [1.29, 1.82) is 0 Å². The molecule has 1 aliphatic rings. The molecule has 5 heteroatoms. The summed E-state index contributed by atoms with van der Waals surface area (Å²) in [6.45, 7) is 5.23. The molecule has 1 aliphatic heterocycles. The predicted octanol–water partition coefficient (Wildman–Crippen LogP) is 2.56. The van der Waals surface area contributed by atoms with E-state index in [-0.39, 0.29) is 6.09 Å². The van der Waals surface area contributed by atoms with Crippen molar-refractivity contribution in [3.05, 3.63) is 28.0 Å². The first-order valence-electron chi connectivity index (χ1n) is 5.68. The Bertz CT molecular complexity index is 448. The number of hydrogen-bond donors (Lipinski definition) is 0. The Morgan fingerprint density at radius 2 is 2.41 bits per heavy atom. The van der Waals surface area contributed by atoms with Crippen LogP contribution in [0.5, 0.6) is 0 Å². The third kappa shape index (κ3) is 2.36. The maximum Gasteiger partial charge on any atom is 0.410 e. The molecular weight excluding hydrogens is 240 g/mol. The van der Waals surface area contributed by atoms with Crippen molar-refractivity contribution in [2.75, 3.05) is 13.2 Å². The van der Waals surface area contributed by atoms with E-state index in [4.69, 9.17) is 16.3 Å². The van der Waals surface area contributed by atoms with Crippen LogP contribution < -0.4 is 0 Å². The van der Waals surface area contributed by atoms with Crippen LogP contribution >= 0.6 is 11.6 Å². The number of halogens is 1. The monoisotopic (exact) mass is 254 g/mol. The van der Waals surface area contributed by atoms with Gasteiger partial charge in [0.25, 0.3) is 0 Å². The average molecular weight is 255 g/mol. The van der Waals surface area contributed by atoms with E-state index in [1.54, 1.807) is 18.0 Å². The summed E-state index contributed by atoms with van der Waals surface area (Å²) >= 11 is 6.24. The quantitative estimate of drug-likeness (QED) is 0.774. The van der Waals surface area contributed by atoms with Gasteiger partial charge in [-0.1, -0.05) is 11.6 Å². The van der Waals surface area contributed by atoms with E-state index in [2.05, 4.69) is 4.98 Å². The molecule has 0 saturated heterocycles. The number of aryl methyl sites for hydroxylation is 1. The minimum Gasteiger partial charge on any atom is -0.450 e. The fraction of sp³-hybridized carbons (Fsp3) is 0.500. The molecule has 0 bridgehead atoms. The van der Waals surface area contributed by atoms with Crippen LogP contribution in [0.15, 0.2) is 6.20 Å². The van der Waals surface area contributed by atoms with Gasteiger partial charge >= 0.3 is 6.09 Å². The molecule has 0 radical (unpaired) electrons. The van der Waals surface area contributed by atoms with Gasteiger partial charge in [-0.05, 0) is 19.4 Å². The zero-order valence-corrected chi connectivity index (χ0v) is 10.8. The number of nitrogens with zero attached hydrogens (tertiary/aromatic N) is 2. The minimum absolute atomic E-state index is 0.282. The molecule has 0 N–H and O–H groups in total. The number of aromatic nitrogens is 1. The molecule has 0 atom stereocenters. The highest BCUT2D eigenvalue weighted by Crippen LogP contribution is 2.27. The number of pyridine rings is 1. The van der Waals surface area contributed by atoms with E-state index in [1.165, 1.54) is 0 Å². The Hall–Kier alpha value is -1.29. The molecule has 0 aliphatic carbocycles. The Morgan fingerprint density at radius 3 is 3.12 bits per heavy atom. The van der Waals surface area contributed by atoms with E-state index >= 15 is 0 Å². The third-order valence-corrected chi connectivity index (χ3v) is 3.39. The van der Waals surface area contributed by atoms with Gasteiger partial charge in [0.05, 0.1) is 18.2 Å². The van der Waals surface area contributed by atoms with Gasteiger partial charge in [0.2, 0.25) is 0 Å². The van der Waals surface area contributed by atoms with Crippen molar-refractivity contribution < 1.29 is 9.53 Å². The fourth-order valence-electron chi connectivity index (χ4n) is 1.93. The Labute approximate surface area is 106 Å². The highest BCUT2D eigenvalue weighted by molar-refractivity contribution is 6.32. The van der Waals surface area contributed by atoms with Crippen molar-refractivity contribution >= 4 is 17.7 Å². The van der Waals surface area contributed by atoms with E-state index < -0.39 is 0 Å². The first-order chi connectivity index (χ1) is 8.13. The van der Waals surface area contributed by atoms with Crippen molar-refractivity contribution in [3.63, 3.8) is 0 Å². The lowest BCUT2D eigenvalue weighted by atomic mass is 10.0.